The molecule has 0 saturated carbocycles. The number of aliphatic hydroxyl groups excluding tert-OH is 3. The van der Waals surface area contributed by atoms with Crippen molar-refractivity contribution in [3.63, 3.8) is 0 Å². The topological polar surface area (TPSA) is 108 Å². The molecule has 1 amide bonds. The molecule has 0 spiro atoms. The first-order valence-corrected chi connectivity index (χ1v) is 7.12. The number of hydrogen-bond acceptors (Lipinski definition) is 6. The molecule has 1 fully saturated rings. The standard InChI is InChI=1S/C14H18ClNO6/c1-7(18)16-11-13(20)12(19)10(6-17)22-14(11)21-9-5-3-2-4-8(9)15/h2-5,10-14,17,19-20H,6H2,1H3,(H,16,18)/t10-,11+,12+,13-,14-/m1/s1. The van der Waals surface area contributed by atoms with Crippen LogP contribution in [0.4, 0.5) is 0 Å². The van der Waals surface area contributed by atoms with Gasteiger partial charge in [-0.2, -0.15) is 0 Å². The van der Waals surface area contributed by atoms with E-state index in [1.165, 1.54) is 6.92 Å². The number of halogens is 1. The average Bonchev–Trinajstić information content (AvgIpc) is 2.48. The van der Waals surface area contributed by atoms with Crippen LogP contribution in [0.2, 0.25) is 5.02 Å². The van der Waals surface area contributed by atoms with E-state index in [4.69, 9.17) is 21.1 Å². The summed E-state index contributed by atoms with van der Waals surface area (Å²) in [5.74, 6) is -0.125. The van der Waals surface area contributed by atoms with Crippen molar-refractivity contribution < 1.29 is 29.6 Å². The van der Waals surface area contributed by atoms with Gasteiger partial charge in [-0.25, -0.2) is 0 Å². The fourth-order valence-electron chi connectivity index (χ4n) is 2.24. The third kappa shape index (κ3) is 3.68. The number of carbonyl (C=O) groups is 1. The zero-order valence-corrected chi connectivity index (χ0v) is 12.6. The molecule has 0 bridgehead atoms. The van der Waals surface area contributed by atoms with Crippen molar-refractivity contribution in [2.75, 3.05) is 6.61 Å². The van der Waals surface area contributed by atoms with Crippen molar-refractivity contribution in [2.24, 2.45) is 0 Å². The minimum Gasteiger partial charge on any atom is -0.461 e. The van der Waals surface area contributed by atoms with Gasteiger partial charge in [0, 0.05) is 6.92 Å². The van der Waals surface area contributed by atoms with Crippen molar-refractivity contribution in [2.45, 2.75) is 37.6 Å². The third-order valence-corrected chi connectivity index (χ3v) is 3.64. The molecule has 2 rings (SSSR count). The number of aliphatic hydroxyl groups is 3. The first-order valence-electron chi connectivity index (χ1n) is 6.74. The number of hydrogen-bond donors (Lipinski definition) is 4. The molecule has 7 nitrogen and oxygen atoms in total. The van der Waals surface area contributed by atoms with Gasteiger partial charge in [0.1, 0.15) is 30.1 Å². The number of benzene rings is 1. The summed E-state index contributed by atoms with van der Waals surface area (Å²) in [6.07, 6.45) is -4.86. The number of amides is 1. The predicted octanol–water partition coefficient (Wildman–Crippen LogP) is -0.338. The van der Waals surface area contributed by atoms with Crippen LogP contribution < -0.4 is 10.1 Å². The van der Waals surface area contributed by atoms with Crippen LogP contribution >= 0.6 is 11.6 Å². The van der Waals surface area contributed by atoms with E-state index in [-0.39, 0.29) is 0 Å². The molecule has 8 heteroatoms. The highest BCUT2D eigenvalue weighted by Crippen LogP contribution is 2.28. The number of nitrogens with one attached hydrogen (secondary N) is 1. The molecular formula is C14H18ClNO6. The Hall–Kier alpha value is -1.38. The average molecular weight is 332 g/mol. The Bertz CT molecular complexity index is 528. The fourth-order valence-corrected chi connectivity index (χ4v) is 2.42. The van der Waals surface area contributed by atoms with E-state index < -0.39 is 43.2 Å². The van der Waals surface area contributed by atoms with E-state index >= 15 is 0 Å². The molecule has 4 N–H and O–H groups in total. The van der Waals surface area contributed by atoms with Gasteiger partial charge < -0.3 is 30.1 Å². The van der Waals surface area contributed by atoms with Gasteiger partial charge in [-0.1, -0.05) is 23.7 Å². The maximum absolute atomic E-state index is 11.3. The summed E-state index contributed by atoms with van der Waals surface area (Å²) >= 11 is 6.00. The lowest BCUT2D eigenvalue weighted by molar-refractivity contribution is -0.244. The van der Waals surface area contributed by atoms with E-state index in [2.05, 4.69) is 5.32 Å². The number of carbonyl (C=O) groups excluding carboxylic acids is 1. The van der Waals surface area contributed by atoms with Gasteiger partial charge in [0.2, 0.25) is 12.2 Å². The molecule has 122 valence electrons. The second kappa shape index (κ2) is 7.26. The van der Waals surface area contributed by atoms with Crippen LogP contribution in [0.1, 0.15) is 6.92 Å². The molecule has 1 aromatic rings. The molecule has 0 aliphatic carbocycles. The summed E-state index contributed by atoms with van der Waals surface area (Å²) in [5, 5.41) is 32.0. The van der Waals surface area contributed by atoms with E-state index in [1.54, 1.807) is 24.3 Å². The first kappa shape index (κ1) is 17.0. The molecule has 1 aromatic carbocycles. The predicted molar refractivity (Wildman–Crippen MR) is 77.4 cm³/mol. The molecule has 0 radical (unpaired) electrons. The lowest BCUT2D eigenvalue weighted by Gasteiger charge is -2.42. The lowest BCUT2D eigenvalue weighted by atomic mass is 9.97. The second-order valence-electron chi connectivity index (χ2n) is 4.98. The molecule has 1 saturated heterocycles. The van der Waals surface area contributed by atoms with Crippen molar-refractivity contribution in [1.29, 1.82) is 0 Å². The van der Waals surface area contributed by atoms with Gasteiger partial charge >= 0.3 is 0 Å². The second-order valence-corrected chi connectivity index (χ2v) is 5.39. The van der Waals surface area contributed by atoms with E-state index in [0.29, 0.717) is 10.8 Å². The van der Waals surface area contributed by atoms with Crippen LogP contribution in [-0.4, -0.2) is 58.5 Å². The molecule has 1 aliphatic rings. The van der Waals surface area contributed by atoms with Gasteiger partial charge in [0.25, 0.3) is 0 Å². The Labute approximate surface area is 132 Å². The van der Waals surface area contributed by atoms with Crippen LogP contribution in [0, 0.1) is 0 Å². The summed E-state index contributed by atoms with van der Waals surface area (Å²) in [4.78, 5) is 11.3. The maximum atomic E-state index is 11.3. The monoisotopic (exact) mass is 331 g/mol. The largest absolute Gasteiger partial charge is 0.461 e. The van der Waals surface area contributed by atoms with Crippen LogP contribution in [0.15, 0.2) is 24.3 Å². The van der Waals surface area contributed by atoms with E-state index in [0.717, 1.165) is 0 Å². The summed E-state index contributed by atoms with van der Waals surface area (Å²) in [7, 11) is 0. The Balaban J connectivity index is 2.23. The Morgan fingerprint density at radius 1 is 1.36 bits per heavy atom. The maximum Gasteiger partial charge on any atom is 0.223 e. The van der Waals surface area contributed by atoms with Crippen LogP contribution in [-0.2, 0) is 9.53 Å². The quantitative estimate of drug-likeness (QED) is 0.601. The van der Waals surface area contributed by atoms with Gasteiger partial charge in [-0.15, -0.1) is 0 Å². The van der Waals surface area contributed by atoms with Gasteiger partial charge in [0.15, 0.2) is 0 Å². The lowest BCUT2D eigenvalue weighted by Crippen LogP contribution is -2.65. The minimum absolute atomic E-state index is 0.296. The Kier molecular flexibility index (Phi) is 5.60. The summed E-state index contributed by atoms with van der Waals surface area (Å²) in [6, 6.07) is 5.62. The molecular weight excluding hydrogens is 314 g/mol. The molecule has 22 heavy (non-hydrogen) atoms. The minimum atomic E-state index is -1.36. The van der Waals surface area contributed by atoms with Gasteiger partial charge in [0.05, 0.1) is 11.6 Å². The molecule has 0 unspecified atom stereocenters. The van der Waals surface area contributed by atoms with Crippen molar-refractivity contribution in [3.05, 3.63) is 29.3 Å². The number of ether oxygens (including phenoxy) is 2. The van der Waals surface area contributed by atoms with Crippen molar-refractivity contribution >= 4 is 17.5 Å². The highest BCUT2D eigenvalue weighted by molar-refractivity contribution is 6.32. The molecule has 1 heterocycles. The summed E-state index contributed by atoms with van der Waals surface area (Å²) in [5.41, 5.74) is 0. The number of rotatable bonds is 4. The van der Waals surface area contributed by atoms with Crippen LogP contribution in [0.3, 0.4) is 0 Å². The zero-order valence-electron chi connectivity index (χ0n) is 11.8. The Morgan fingerprint density at radius 3 is 2.64 bits per heavy atom. The third-order valence-electron chi connectivity index (χ3n) is 3.33. The fraction of sp³-hybridized carbons (Fsp3) is 0.500. The molecule has 5 atom stereocenters. The normalized spacial score (nSPS) is 31.6. The zero-order chi connectivity index (χ0) is 16.3. The van der Waals surface area contributed by atoms with E-state index in [9.17, 15) is 20.1 Å². The van der Waals surface area contributed by atoms with Crippen LogP contribution in [0.5, 0.6) is 5.75 Å². The van der Waals surface area contributed by atoms with Crippen LogP contribution in [0.25, 0.3) is 0 Å². The van der Waals surface area contributed by atoms with Gasteiger partial charge in [-0.05, 0) is 12.1 Å². The molecule has 1 aliphatic heterocycles. The Morgan fingerprint density at radius 2 is 2.05 bits per heavy atom. The SMILES string of the molecule is CC(=O)N[C@@H]1[C@H](Oc2ccccc2Cl)O[C@H](CO)[C@H](O)[C@@H]1O. The summed E-state index contributed by atoms with van der Waals surface area (Å²) < 4.78 is 11.0. The number of para-hydroxylation sites is 1. The van der Waals surface area contributed by atoms with E-state index in [1.807, 2.05) is 0 Å². The molecule has 0 aromatic heterocycles. The highest BCUT2D eigenvalue weighted by atomic mass is 35.5. The highest BCUT2D eigenvalue weighted by Gasteiger charge is 2.46. The van der Waals surface area contributed by atoms with Gasteiger partial charge in [-0.3, -0.25) is 4.79 Å². The van der Waals surface area contributed by atoms with Crippen molar-refractivity contribution in [3.8, 4) is 5.75 Å². The summed E-state index contributed by atoms with van der Waals surface area (Å²) in [6.45, 7) is 0.761. The first-order chi connectivity index (χ1) is 10.4. The van der Waals surface area contributed by atoms with Crippen molar-refractivity contribution in [1.82, 2.24) is 5.32 Å². The smallest absolute Gasteiger partial charge is 0.223 e.